The van der Waals surface area contributed by atoms with Gasteiger partial charge in [0.2, 0.25) is 5.91 Å². The fourth-order valence-electron chi connectivity index (χ4n) is 2.49. The van der Waals surface area contributed by atoms with Crippen molar-refractivity contribution >= 4 is 12.0 Å². The van der Waals surface area contributed by atoms with Crippen LogP contribution in [0.25, 0.3) is 0 Å². The van der Waals surface area contributed by atoms with E-state index in [9.17, 15) is 9.59 Å². The van der Waals surface area contributed by atoms with Gasteiger partial charge in [-0.1, -0.05) is 30.3 Å². The van der Waals surface area contributed by atoms with Gasteiger partial charge in [0.25, 0.3) is 0 Å². The van der Waals surface area contributed by atoms with Crippen LogP contribution in [-0.2, 0) is 16.0 Å². The van der Waals surface area contributed by atoms with E-state index in [1.165, 1.54) is 5.56 Å². The summed E-state index contributed by atoms with van der Waals surface area (Å²) in [6, 6.07) is 9.53. The number of carbonyl (C=O) groups excluding carboxylic acids is 2. The summed E-state index contributed by atoms with van der Waals surface area (Å²) in [6.07, 6.45) is 2.45. The van der Waals surface area contributed by atoms with Crippen LogP contribution in [0, 0.1) is 0 Å². The van der Waals surface area contributed by atoms with E-state index in [0.717, 1.165) is 19.3 Å². The minimum Gasteiger partial charge on any atom is -0.444 e. The molecule has 0 saturated carbocycles. The molecule has 4 N–H and O–H groups in total. The first kappa shape index (κ1) is 22.0. The van der Waals surface area contributed by atoms with E-state index in [2.05, 4.69) is 10.6 Å². The molecule has 1 rings (SSSR count). The molecule has 0 aliphatic carbocycles. The van der Waals surface area contributed by atoms with Gasteiger partial charge in [0.15, 0.2) is 0 Å². The van der Waals surface area contributed by atoms with Crippen molar-refractivity contribution in [2.45, 2.75) is 71.1 Å². The molecule has 0 aliphatic rings. The number of ether oxygens (including phenoxy) is 1. The highest BCUT2D eigenvalue weighted by Gasteiger charge is 2.17. The van der Waals surface area contributed by atoms with Gasteiger partial charge in [-0.25, -0.2) is 4.79 Å². The van der Waals surface area contributed by atoms with Gasteiger partial charge >= 0.3 is 6.09 Å². The van der Waals surface area contributed by atoms with Crippen LogP contribution >= 0.6 is 0 Å². The predicted molar refractivity (Wildman–Crippen MR) is 104 cm³/mol. The first-order valence-corrected chi connectivity index (χ1v) is 9.24. The third-order valence-corrected chi connectivity index (χ3v) is 3.72. The number of nitrogens with two attached hydrogens (primary N) is 1. The van der Waals surface area contributed by atoms with Gasteiger partial charge in [-0.3, -0.25) is 4.79 Å². The molecule has 2 amide bonds. The molecule has 6 nitrogen and oxygen atoms in total. The van der Waals surface area contributed by atoms with Crippen molar-refractivity contribution in [3.63, 3.8) is 0 Å². The zero-order valence-corrected chi connectivity index (χ0v) is 16.4. The molecule has 0 saturated heterocycles. The predicted octanol–water partition coefficient (Wildman–Crippen LogP) is 2.76. The van der Waals surface area contributed by atoms with Crippen LogP contribution < -0.4 is 16.4 Å². The van der Waals surface area contributed by atoms with Crippen molar-refractivity contribution in [3.8, 4) is 0 Å². The Morgan fingerprint density at radius 3 is 2.42 bits per heavy atom. The molecule has 0 spiro atoms. The van der Waals surface area contributed by atoms with Crippen LogP contribution in [0.5, 0.6) is 0 Å². The van der Waals surface area contributed by atoms with E-state index in [4.69, 9.17) is 10.5 Å². The second-order valence-electron chi connectivity index (χ2n) is 7.63. The van der Waals surface area contributed by atoms with E-state index in [1.54, 1.807) is 0 Å². The van der Waals surface area contributed by atoms with Crippen LogP contribution in [0.4, 0.5) is 4.79 Å². The lowest BCUT2D eigenvalue weighted by molar-refractivity contribution is -0.123. The average molecular weight is 364 g/mol. The molecule has 0 radical (unpaired) electrons. The molecule has 6 heteroatoms. The molecule has 0 bridgehead atoms. The Labute approximate surface area is 156 Å². The molecular weight excluding hydrogens is 330 g/mol. The summed E-state index contributed by atoms with van der Waals surface area (Å²) in [7, 11) is 0. The molecular formula is C20H33N3O3. The molecule has 0 aliphatic heterocycles. The zero-order valence-electron chi connectivity index (χ0n) is 16.4. The Morgan fingerprint density at radius 2 is 1.81 bits per heavy atom. The highest BCUT2D eigenvalue weighted by Crippen LogP contribution is 2.07. The minimum absolute atomic E-state index is 0.0322. The Balaban J connectivity index is 2.17. The summed E-state index contributed by atoms with van der Waals surface area (Å²) in [5.41, 5.74) is 6.64. The van der Waals surface area contributed by atoms with E-state index >= 15 is 0 Å². The van der Waals surface area contributed by atoms with Crippen molar-refractivity contribution in [1.82, 2.24) is 10.6 Å². The van der Waals surface area contributed by atoms with E-state index in [-0.39, 0.29) is 11.9 Å². The second-order valence-corrected chi connectivity index (χ2v) is 7.63. The highest BCUT2D eigenvalue weighted by molar-refractivity contribution is 5.81. The summed E-state index contributed by atoms with van der Waals surface area (Å²) in [6.45, 7) is 7.95. The standard InChI is InChI=1S/C20H33N3O3/c1-15(14-16-10-6-5-7-11-16)23-18(24)17(21)12-8-9-13-22-19(25)26-20(2,3)4/h5-7,10-11,15,17H,8-9,12-14,21H2,1-4H3,(H,22,25)(H,23,24). The first-order chi connectivity index (χ1) is 12.2. The van der Waals surface area contributed by atoms with Gasteiger partial charge in [-0.15, -0.1) is 0 Å². The molecule has 2 atom stereocenters. The number of amides is 2. The number of carbonyl (C=O) groups is 2. The fraction of sp³-hybridized carbons (Fsp3) is 0.600. The maximum Gasteiger partial charge on any atom is 0.407 e. The number of benzene rings is 1. The molecule has 0 heterocycles. The van der Waals surface area contributed by atoms with Gasteiger partial charge in [-0.05, 0) is 58.9 Å². The summed E-state index contributed by atoms with van der Waals surface area (Å²) in [4.78, 5) is 23.7. The largest absolute Gasteiger partial charge is 0.444 e. The lowest BCUT2D eigenvalue weighted by Gasteiger charge is -2.20. The zero-order chi connectivity index (χ0) is 19.6. The quantitative estimate of drug-likeness (QED) is 0.588. The lowest BCUT2D eigenvalue weighted by atomic mass is 10.1. The molecule has 146 valence electrons. The van der Waals surface area contributed by atoms with Crippen LogP contribution in [0.2, 0.25) is 0 Å². The van der Waals surface area contributed by atoms with Crippen LogP contribution in [0.1, 0.15) is 52.5 Å². The average Bonchev–Trinajstić information content (AvgIpc) is 2.53. The van der Waals surface area contributed by atoms with Gasteiger partial charge in [0, 0.05) is 12.6 Å². The van der Waals surface area contributed by atoms with Crippen molar-refractivity contribution in [1.29, 1.82) is 0 Å². The van der Waals surface area contributed by atoms with Crippen LogP contribution in [-0.4, -0.2) is 36.2 Å². The Bertz CT molecular complexity index is 555. The number of alkyl carbamates (subject to hydrolysis) is 1. The van der Waals surface area contributed by atoms with Crippen molar-refractivity contribution in [2.24, 2.45) is 5.73 Å². The van der Waals surface area contributed by atoms with Gasteiger partial charge < -0.3 is 21.1 Å². The van der Waals surface area contributed by atoms with Crippen LogP contribution in [0.15, 0.2) is 30.3 Å². The molecule has 2 unspecified atom stereocenters. The van der Waals surface area contributed by atoms with E-state index in [1.807, 2.05) is 58.0 Å². The smallest absolute Gasteiger partial charge is 0.407 e. The molecule has 0 fully saturated rings. The Hall–Kier alpha value is -2.08. The second kappa shape index (κ2) is 10.8. The summed E-state index contributed by atoms with van der Waals surface area (Å²) >= 11 is 0. The summed E-state index contributed by atoms with van der Waals surface area (Å²) in [5, 5.41) is 5.66. The lowest BCUT2D eigenvalue weighted by Crippen LogP contribution is -2.45. The van der Waals surface area contributed by atoms with Crippen molar-refractivity contribution < 1.29 is 14.3 Å². The number of nitrogens with one attached hydrogen (secondary N) is 2. The minimum atomic E-state index is -0.533. The number of hydrogen-bond acceptors (Lipinski definition) is 4. The van der Waals surface area contributed by atoms with E-state index < -0.39 is 17.7 Å². The van der Waals surface area contributed by atoms with Gasteiger partial charge in [-0.2, -0.15) is 0 Å². The SMILES string of the molecule is CC(Cc1ccccc1)NC(=O)C(N)CCCCNC(=O)OC(C)(C)C. The number of hydrogen-bond donors (Lipinski definition) is 3. The number of unbranched alkanes of at least 4 members (excludes halogenated alkanes) is 1. The summed E-state index contributed by atoms with van der Waals surface area (Å²) < 4.78 is 5.16. The topological polar surface area (TPSA) is 93.5 Å². The van der Waals surface area contributed by atoms with Gasteiger partial charge in [0.05, 0.1) is 6.04 Å². The van der Waals surface area contributed by atoms with Crippen molar-refractivity contribution in [2.75, 3.05) is 6.54 Å². The van der Waals surface area contributed by atoms with Gasteiger partial charge in [0.1, 0.15) is 5.60 Å². The Kier molecular flexibility index (Phi) is 9.13. The van der Waals surface area contributed by atoms with Crippen molar-refractivity contribution in [3.05, 3.63) is 35.9 Å². The third-order valence-electron chi connectivity index (χ3n) is 3.72. The number of rotatable bonds is 9. The summed E-state index contributed by atoms with van der Waals surface area (Å²) in [5.74, 6) is -0.131. The molecule has 0 aromatic heterocycles. The highest BCUT2D eigenvalue weighted by atomic mass is 16.6. The van der Waals surface area contributed by atoms with Crippen LogP contribution in [0.3, 0.4) is 0 Å². The maximum atomic E-state index is 12.1. The molecule has 1 aromatic carbocycles. The molecule has 26 heavy (non-hydrogen) atoms. The third kappa shape index (κ3) is 10.0. The molecule has 1 aromatic rings. The monoisotopic (exact) mass is 363 g/mol. The Morgan fingerprint density at radius 1 is 1.15 bits per heavy atom. The first-order valence-electron chi connectivity index (χ1n) is 9.24. The van der Waals surface area contributed by atoms with E-state index in [0.29, 0.717) is 13.0 Å². The maximum absolute atomic E-state index is 12.1. The fourth-order valence-corrected chi connectivity index (χ4v) is 2.49. The normalized spacial score (nSPS) is 13.6.